The first kappa shape index (κ1) is 2.51. The third-order valence-corrected chi connectivity index (χ3v) is 0. The van der Waals surface area contributed by atoms with Crippen molar-refractivity contribution < 1.29 is 8.03 Å². The van der Waals surface area contributed by atoms with Gasteiger partial charge in [0, 0.05) is 0 Å². The van der Waals surface area contributed by atoms with Crippen LogP contribution in [0.3, 0.4) is 0 Å². The van der Waals surface area contributed by atoms with Crippen LogP contribution in [0.4, 0.5) is 0 Å². The van der Waals surface area contributed by atoms with Gasteiger partial charge in [-0.2, -0.15) is 0 Å². The average molecular weight is 128 g/mol. The first-order valence-corrected chi connectivity index (χ1v) is 3.85. The van der Waals surface area contributed by atoms with Crippen molar-refractivity contribution in [2.45, 2.75) is 5.82 Å². The molecule has 0 saturated carbocycles. The molecule has 0 aromatic rings. The Morgan fingerprint density at radius 3 is 2.75 bits per heavy atom. The Hall–Kier alpha value is 0.279. The molecule has 0 fully saturated rings. The normalized spacial score (nSPS) is 18.8. The van der Waals surface area contributed by atoms with Crippen LogP contribution in [-0.4, -0.2) is 19.8 Å². The second kappa shape index (κ2) is 1.58. The van der Waals surface area contributed by atoms with Gasteiger partial charge in [-0.3, -0.25) is 0 Å². The maximum absolute atomic E-state index is 9.61. The van der Waals surface area contributed by atoms with Gasteiger partial charge in [0.1, 0.15) is 0 Å². The van der Waals surface area contributed by atoms with Gasteiger partial charge >= 0.3 is 29.4 Å². The fourth-order valence-electron chi connectivity index (χ4n) is 0. The van der Waals surface area contributed by atoms with E-state index in [1.165, 1.54) is 5.82 Å². The van der Waals surface area contributed by atoms with Crippen LogP contribution in [0.1, 0.15) is 0 Å². The molecule has 0 aliphatic heterocycles. The van der Waals surface area contributed by atoms with Crippen LogP contribution in [0.15, 0.2) is 0 Å². The van der Waals surface area contributed by atoms with Crippen molar-refractivity contribution in [3.8, 4) is 0 Å². The molecule has 0 rings (SSSR count). The molecule has 26 valence electrons. The maximum atomic E-state index is 9.61. The standard InChI is InChI=1S/CH4O2Se/c1-4(2)3/h1H3,(H,2,3)/i/hD. The summed E-state index contributed by atoms with van der Waals surface area (Å²) in [4.78, 5) is 0. The zero-order valence-corrected chi connectivity index (χ0v) is 3.94. The summed E-state index contributed by atoms with van der Waals surface area (Å²) < 4.78 is 19.1. The molecule has 1 N–H and O–H groups in total. The van der Waals surface area contributed by atoms with Gasteiger partial charge in [-0.05, 0) is 0 Å². The molecule has 0 saturated heterocycles. The van der Waals surface area contributed by atoms with E-state index in [0.29, 0.717) is 0 Å². The van der Waals surface area contributed by atoms with Gasteiger partial charge in [0.25, 0.3) is 0 Å². The zero-order chi connectivity index (χ0) is 4.28. The van der Waals surface area contributed by atoms with Crippen LogP contribution in [-0.2, 0) is 3.83 Å². The Morgan fingerprint density at radius 2 is 2.75 bits per heavy atom. The zero-order valence-electron chi connectivity index (χ0n) is 3.22. The van der Waals surface area contributed by atoms with Crippen molar-refractivity contribution in [1.29, 1.82) is 1.43 Å². The van der Waals surface area contributed by atoms with E-state index >= 15 is 0 Å². The molecular formula is CH4O2Se. The van der Waals surface area contributed by atoms with Crippen LogP contribution in [0.2, 0.25) is 5.82 Å². The van der Waals surface area contributed by atoms with Gasteiger partial charge in [0.15, 0.2) is 0 Å². The minimum atomic E-state index is -2.13. The Labute approximate surface area is 30.3 Å². The van der Waals surface area contributed by atoms with Gasteiger partial charge < -0.3 is 0 Å². The van der Waals surface area contributed by atoms with Gasteiger partial charge in [-0.15, -0.1) is 0 Å². The molecule has 1 unspecified atom stereocenters. The van der Waals surface area contributed by atoms with E-state index < -0.39 is 14.2 Å². The van der Waals surface area contributed by atoms with Crippen LogP contribution < -0.4 is 0 Å². The topological polar surface area (TPSA) is 37.3 Å². The predicted molar refractivity (Wildman–Crippen MR) is 14.5 cm³/mol. The van der Waals surface area contributed by atoms with E-state index in [0.717, 1.165) is 0 Å². The van der Waals surface area contributed by atoms with E-state index in [-0.39, 0.29) is 0 Å². The molecule has 0 spiro atoms. The molecule has 0 radical (unpaired) electrons. The summed E-state index contributed by atoms with van der Waals surface area (Å²) in [6, 6.07) is 0. The fraction of sp³-hybridized carbons (Fsp3) is 1.00. The van der Waals surface area contributed by atoms with Gasteiger partial charge in [-0.1, -0.05) is 0 Å². The molecule has 1 atom stereocenters. The van der Waals surface area contributed by atoms with E-state index in [1.54, 1.807) is 0 Å². The van der Waals surface area contributed by atoms with Crippen molar-refractivity contribution in [2.75, 3.05) is 0 Å². The Bertz CT molecular complexity index is 44.9. The molecule has 0 aliphatic carbocycles. The number of hydrogen-bond donors (Lipinski definition) is 1. The van der Waals surface area contributed by atoms with Crippen molar-refractivity contribution in [1.82, 2.24) is 0 Å². The molecule has 0 aromatic carbocycles. The molecule has 0 amide bonds. The second-order valence-corrected chi connectivity index (χ2v) is 2.09. The van der Waals surface area contributed by atoms with Gasteiger partial charge in [0.2, 0.25) is 0 Å². The van der Waals surface area contributed by atoms with Crippen molar-refractivity contribution in [2.24, 2.45) is 0 Å². The molecule has 2 nitrogen and oxygen atoms in total. The number of rotatable bonds is 1. The molecule has 4 heavy (non-hydrogen) atoms. The summed E-state index contributed by atoms with van der Waals surface area (Å²) in [6.45, 7) is 0. The van der Waals surface area contributed by atoms with Crippen molar-refractivity contribution in [3.05, 3.63) is 0 Å². The first-order valence-electron chi connectivity index (χ1n) is 1.15. The van der Waals surface area contributed by atoms with Crippen molar-refractivity contribution >= 4 is 14.2 Å². The Kier molecular flexibility index (Phi) is 0.995. The van der Waals surface area contributed by atoms with Crippen LogP contribution >= 0.6 is 0 Å². The molecule has 0 aromatic heterocycles. The van der Waals surface area contributed by atoms with E-state index in [2.05, 4.69) is 4.19 Å². The second-order valence-electron chi connectivity index (χ2n) is 0.401. The number of hydrogen-bond acceptors (Lipinski definition) is 2. The van der Waals surface area contributed by atoms with Gasteiger partial charge in [-0.25, -0.2) is 0 Å². The molecule has 3 heteroatoms. The third-order valence-electron chi connectivity index (χ3n) is 0. The first-order chi connectivity index (χ1) is 2.27. The minimum absolute atomic E-state index is 1.38. The summed E-state index contributed by atoms with van der Waals surface area (Å²) >= 11 is -2.13. The fourth-order valence-corrected chi connectivity index (χ4v) is 0. The van der Waals surface area contributed by atoms with Crippen LogP contribution in [0.5, 0.6) is 0 Å². The molecular weight excluding hydrogens is 123 g/mol. The third kappa shape index (κ3) is 47.8. The van der Waals surface area contributed by atoms with Crippen LogP contribution in [0.25, 0.3) is 0 Å². The molecule has 0 aliphatic rings. The van der Waals surface area contributed by atoms with Crippen LogP contribution in [0, 0.1) is 0 Å². The summed E-state index contributed by atoms with van der Waals surface area (Å²) in [5.41, 5.74) is 0. The van der Waals surface area contributed by atoms with E-state index in [1.807, 2.05) is 0 Å². The Morgan fingerprint density at radius 1 is 2.50 bits per heavy atom. The quantitative estimate of drug-likeness (QED) is 0.484. The average Bonchev–Trinajstić information content (AvgIpc) is 1.38. The molecule has 0 bridgehead atoms. The SMILES string of the molecule is [2H]O[Se](C)=O. The predicted octanol–water partition coefficient (Wildman–Crippen LogP) is -0.473. The monoisotopic (exact) mass is 129 g/mol. The van der Waals surface area contributed by atoms with Crippen molar-refractivity contribution in [3.63, 3.8) is 0 Å². The Balaban J connectivity index is 2.85. The summed E-state index contributed by atoms with van der Waals surface area (Å²) in [7, 11) is 0. The molecule has 0 heterocycles. The van der Waals surface area contributed by atoms with E-state index in [4.69, 9.17) is 1.43 Å². The summed E-state index contributed by atoms with van der Waals surface area (Å²) in [5.74, 6) is 1.38. The summed E-state index contributed by atoms with van der Waals surface area (Å²) in [6.07, 6.45) is 0. The van der Waals surface area contributed by atoms with Gasteiger partial charge in [0.05, 0.1) is 0 Å². The van der Waals surface area contributed by atoms with E-state index in [9.17, 15) is 3.83 Å². The summed E-state index contributed by atoms with van der Waals surface area (Å²) in [5, 5.41) is 0.